The van der Waals surface area contributed by atoms with Crippen LogP contribution in [-0.4, -0.2) is 52.8 Å². The van der Waals surface area contributed by atoms with Gasteiger partial charge in [-0.3, -0.25) is 14.5 Å². The van der Waals surface area contributed by atoms with Crippen molar-refractivity contribution >= 4 is 17.8 Å². The lowest BCUT2D eigenvalue weighted by atomic mass is 9.73. The average Bonchev–Trinajstić information content (AvgIpc) is 2.69. The molecule has 2 aliphatic rings. The second kappa shape index (κ2) is 6.03. The van der Waals surface area contributed by atoms with Crippen molar-refractivity contribution in [3.8, 4) is 0 Å². The molecule has 6 nitrogen and oxygen atoms in total. The number of urea groups is 1. The summed E-state index contributed by atoms with van der Waals surface area (Å²) in [5.74, 6) is -0.277. The number of nitrogens with zero attached hydrogens (tertiary/aromatic N) is 2. The van der Waals surface area contributed by atoms with Crippen molar-refractivity contribution in [1.29, 1.82) is 0 Å². The topological polar surface area (TPSA) is 69.7 Å². The lowest BCUT2D eigenvalue weighted by Crippen LogP contribution is -2.54. The smallest absolute Gasteiger partial charge is 0.325 e. The molecule has 1 spiro atoms. The van der Waals surface area contributed by atoms with Crippen molar-refractivity contribution in [2.75, 3.05) is 19.6 Å². The maximum Gasteiger partial charge on any atom is 0.325 e. The Morgan fingerprint density at radius 3 is 2.57 bits per heavy atom. The lowest BCUT2D eigenvalue weighted by molar-refractivity contribution is -0.140. The summed E-state index contributed by atoms with van der Waals surface area (Å²) in [5.41, 5.74) is -0.779. The second-order valence-electron chi connectivity index (χ2n) is 6.01. The van der Waals surface area contributed by atoms with Crippen LogP contribution in [0.15, 0.2) is 0 Å². The van der Waals surface area contributed by atoms with E-state index >= 15 is 0 Å². The van der Waals surface area contributed by atoms with Crippen molar-refractivity contribution in [1.82, 2.24) is 15.1 Å². The van der Waals surface area contributed by atoms with E-state index < -0.39 is 11.6 Å². The van der Waals surface area contributed by atoms with Crippen molar-refractivity contribution in [3.05, 3.63) is 0 Å². The van der Waals surface area contributed by atoms with Crippen LogP contribution in [0.5, 0.6) is 0 Å². The first-order valence-electron chi connectivity index (χ1n) is 7.88. The SMILES string of the molecule is CCN(CC)C(=O)CN1C(=O)N[C@@]2(CCCC[C@H]2C)C1=O. The first-order chi connectivity index (χ1) is 9.96. The van der Waals surface area contributed by atoms with Gasteiger partial charge in [-0.15, -0.1) is 0 Å². The van der Waals surface area contributed by atoms with E-state index in [2.05, 4.69) is 5.32 Å². The fraction of sp³-hybridized carbons (Fsp3) is 0.800. The zero-order valence-electron chi connectivity index (χ0n) is 13.1. The predicted molar refractivity (Wildman–Crippen MR) is 78.5 cm³/mol. The van der Waals surface area contributed by atoms with E-state index in [0.29, 0.717) is 19.5 Å². The molecule has 2 fully saturated rings. The molecular weight excluding hydrogens is 270 g/mol. The Kier molecular flexibility index (Phi) is 4.54. The minimum Gasteiger partial charge on any atom is -0.342 e. The Balaban J connectivity index is 2.13. The summed E-state index contributed by atoms with van der Waals surface area (Å²) in [5, 5.41) is 2.87. The van der Waals surface area contributed by atoms with Gasteiger partial charge in [0.1, 0.15) is 12.1 Å². The van der Waals surface area contributed by atoms with Gasteiger partial charge < -0.3 is 10.2 Å². The highest BCUT2D eigenvalue weighted by atomic mass is 16.2. The van der Waals surface area contributed by atoms with Gasteiger partial charge in [-0.25, -0.2) is 4.79 Å². The van der Waals surface area contributed by atoms with Gasteiger partial charge in [-0.05, 0) is 32.6 Å². The van der Waals surface area contributed by atoms with E-state index in [1.54, 1.807) is 4.90 Å². The van der Waals surface area contributed by atoms with Crippen LogP contribution >= 0.6 is 0 Å². The van der Waals surface area contributed by atoms with Crippen LogP contribution in [0.1, 0.15) is 46.5 Å². The highest BCUT2D eigenvalue weighted by Gasteiger charge is 2.55. The summed E-state index contributed by atoms with van der Waals surface area (Å²) in [6, 6.07) is -0.422. The quantitative estimate of drug-likeness (QED) is 0.796. The molecule has 0 unspecified atom stereocenters. The molecule has 1 saturated carbocycles. The van der Waals surface area contributed by atoms with E-state index in [4.69, 9.17) is 0 Å². The number of nitrogens with one attached hydrogen (secondary N) is 1. The van der Waals surface area contributed by atoms with Gasteiger partial charge in [0, 0.05) is 13.1 Å². The molecule has 21 heavy (non-hydrogen) atoms. The summed E-state index contributed by atoms with van der Waals surface area (Å²) >= 11 is 0. The molecule has 6 heteroatoms. The van der Waals surface area contributed by atoms with Gasteiger partial charge in [-0.2, -0.15) is 0 Å². The molecule has 2 rings (SSSR count). The van der Waals surface area contributed by atoms with Crippen molar-refractivity contribution in [2.45, 2.75) is 52.0 Å². The molecule has 0 aromatic carbocycles. The van der Waals surface area contributed by atoms with Crippen LogP contribution in [0.25, 0.3) is 0 Å². The minimum atomic E-state index is -0.779. The number of hydrogen-bond acceptors (Lipinski definition) is 3. The van der Waals surface area contributed by atoms with Crippen LogP contribution in [0, 0.1) is 5.92 Å². The maximum atomic E-state index is 12.7. The third-order valence-corrected chi connectivity index (χ3v) is 4.91. The van der Waals surface area contributed by atoms with Crippen LogP contribution in [-0.2, 0) is 9.59 Å². The van der Waals surface area contributed by atoms with Crippen LogP contribution in [0.2, 0.25) is 0 Å². The highest BCUT2D eigenvalue weighted by molar-refractivity contribution is 6.09. The Morgan fingerprint density at radius 2 is 2.00 bits per heavy atom. The first kappa shape index (κ1) is 15.8. The Hall–Kier alpha value is -1.59. The van der Waals surface area contributed by atoms with Gasteiger partial charge in [0.25, 0.3) is 5.91 Å². The number of imide groups is 1. The molecule has 0 radical (unpaired) electrons. The van der Waals surface area contributed by atoms with E-state index in [-0.39, 0.29) is 24.3 Å². The normalized spacial score (nSPS) is 28.9. The molecule has 1 heterocycles. The van der Waals surface area contributed by atoms with Crippen LogP contribution < -0.4 is 5.32 Å². The molecule has 118 valence electrons. The van der Waals surface area contributed by atoms with Crippen LogP contribution in [0.3, 0.4) is 0 Å². The number of amides is 4. The fourth-order valence-electron chi connectivity index (χ4n) is 3.45. The predicted octanol–water partition coefficient (Wildman–Crippen LogP) is 1.36. The fourth-order valence-corrected chi connectivity index (χ4v) is 3.45. The van der Waals surface area contributed by atoms with E-state index in [1.807, 2.05) is 20.8 Å². The third-order valence-electron chi connectivity index (χ3n) is 4.91. The Morgan fingerprint density at radius 1 is 1.33 bits per heavy atom. The first-order valence-corrected chi connectivity index (χ1v) is 7.88. The standard InChI is InChI=1S/C15H25N3O3/c1-4-17(5-2)12(19)10-18-13(20)15(16-14(18)21)9-7-6-8-11(15)3/h11H,4-10H2,1-3H3,(H,16,21)/t11-,15-/m1/s1. The third kappa shape index (κ3) is 2.63. The summed E-state index contributed by atoms with van der Waals surface area (Å²) in [6.07, 6.45) is 3.64. The molecule has 1 saturated heterocycles. The maximum absolute atomic E-state index is 12.7. The molecule has 2 atom stereocenters. The zero-order chi connectivity index (χ0) is 15.6. The van der Waals surface area contributed by atoms with Crippen LogP contribution in [0.4, 0.5) is 4.79 Å². The summed E-state index contributed by atoms with van der Waals surface area (Å²) < 4.78 is 0. The lowest BCUT2D eigenvalue weighted by Gasteiger charge is -2.36. The summed E-state index contributed by atoms with van der Waals surface area (Å²) in [4.78, 5) is 39.8. The number of hydrogen-bond donors (Lipinski definition) is 1. The summed E-state index contributed by atoms with van der Waals surface area (Å²) in [6.45, 7) is 6.80. The van der Waals surface area contributed by atoms with E-state index in [1.165, 1.54) is 0 Å². The zero-order valence-corrected chi connectivity index (χ0v) is 13.1. The van der Waals surface area contributed by atoms with Crippen molar-refractivity contribution < 1.29 is 14.4 Å². The minimum absolute atomic E-state index is 0.122. The molecule has 1 N–H and O–H groups in total. The largest absolute Gasteiger partial charge is 0.342 e. The van der Waals surface area contributed by atoms with Gasteiger partial charge in [0.2, 0.25) is 5.91 Å². The number of rotatable bonds is 4. The monoisotopic (exact) mass is 295 g/mol. The van der Waals surface area contributed by atoms with Gasteiger partial charge in [0.15, 0.2) is 0 Å². The molecular formula is C15H25N3O3. The number of carbonyl (C=O) groups is 3. The molecule has 0 aromatic heterocycles. The number of likely N-dealkylation sites (N-methyl/N-ethyl adjacent to an activating group) is 1. The molecule has 1 aliphatic carbocycles. The van der Waals surface area contributed by atoms with Gasteiger partial charge in [0.05, 0.1) is 0 Å². The molecule has 0 aromatic rings. The summed E-state index contributed by atoms with van der Waals surface area (Å²) in [7, 11) is 0. The molecule has 1 aliphatic heterocycles. The average molecular weight is 295 g/mol. The molecule has 0 bridgehead atoms. The Bertz CT molecular complexity index is 447. The molecule has 4 amide bonds. The second-order valence-corrected chi connectivity index (χ2v) is 6.01. The number of carbonyl (C=O) groups excluding carboxylic acids is 3. The Labute approximate surface area is 125 Å². The van der Waals surface area contributed by atoms with Gasteiger partial charge in [-0.1, -0.05) is 19.8 Å². The van der Waals surface area contributed by atoms with Crippen molar-refractivity contribution in [3.63, 3.8) is 0 Å². The van der Waals surface area contributed by atoms with E-state index in [9.17, 15) is 14.4 Å². The van der Waals surface area contributed by atoms with E-state index in [0.717, 1.165) is 24.2 Å². The van der Waals surface area contributed by atoms with Gasteiger partial charge >= 0.3 is 6.03 Å². The van der Waals surface area contributed by atoms with Crippen molar-refractivity contribution in [2.24, 2.45) is 5.92 Å². The highest BCUT2D eigenvalue weighted by Crippen LogP contribution is 2.38.